The highest BCUT2D eigenvalue weighted by Crippen LogP contribution is 2.30. The molecule has 1 aromatic heterocycles. The van der Waals surface area contributed by atoms with E-state index in [1.165, 1.54) is 18.2 Å². The molecule has 0 radical (unpaired) electrons. The molecule has 20 heavy (non-hydrogen) atoms. The van der Waals surface area contributed by atoms with E-state index in [2.05, 4.69) is 10.4 Å². The molecule has 5 nitrogen and oxygen atoms in total. The molecule has 0 aliphatic rings. The quantitative estimate of drug-likeness (QED) is 0.900. The topological polar surface area (TPSA) is 79.7 Å². The Morgan fingerprint density at radius 2 is 2.15 bits per heavy atom. The van der Waals surface area contributed by atoms with Gasteiger partial charge in [0.25, 0.3) is 0 Å². The van der Waals surface area contributed by atoms with E-state index < -0.39 is 5.82 Å². The summed E-state index contributed by atoms with van der Waals surface area (Å²) in [6.07, 6.45) is 0. The number of nitriles is 1. The Labute approximate surface area is 116 Å². The molecule has 1 heterocycles. The van der Waals surface area contributed by atoms with Gasteiger partial charge >= 0.3 is 0 Å². The Morgan fingerprint density at radius 3 is 2.75 bits per heavy atom. The highest BCUT2D eigenvalue weighted by Gasteiger charge is 2.16. The number of benzene rings is 1. The molecule has 0 bridgehead atoms. The average molecular weight is 273 g/mol. The number of hydrogen-bond donors (Lipinski definition) is 2. The van der Waals surface area contributed by atoms with Crippen LogP contribution in [0.3, 0.4) is 0 Å². The highest BCUT2D eigenvalue weighted by molar-refractivity contribution is 5.74. The molecule has 0 saturated carbocycles. The predicted molar refractivity (Wildman–Crippen MR) is 76.2 cm³/mol. The van der Waals surface area contributed by atoms with Crippen molar-refractivity contribution in [3.63, 3.8) is 0 Å². The molecular formula is C14H16FN5. The van der Waals surface area contributed by atoms with Crippen LogP contribution in [0.2, 0.25) is 0 Å². The zero-order valence-electron chi connectivity index (χ0n) is 11.6. The van der Waals surface area contributed by atoms with E-state index in [1.807, 2.05) is 26.8 Å². The number of nitrogens with one attached hydrogen (secondary N) is 1. The van der Waals surface area contributed by atoms with Crippen molar-refractivity contribution in [1.82, 2.24) is 9.78 Å². The number of aryl methyl sites for hydroxylation is 1. The molecule has 6 heteroatoms. The lowest BCUT2D eigenvalue weighted by Crippen LogP contribution is -2.08. The number of nitrogen functional groups attached to an aromatic ring is 1. The third-order valence-electron chi connectivity index (χ3n) is 2.98. The summed E-state index contributed by atoms with van der Waals surface area (Å²) in [5.41, 5.74) is 7.96. The van der Waals surface area contributed by atoms with E-state index in [0.29, 0.717) is 22.9 Å². The Kier molecular flexibility index (Phi) is 3.61. The number of rotatable bonds is 3. The van der Waals surface area contributed by atoms with Crippen molar-refractivity contribution in [2.45, 2.75) is 26.8 Å². The highest BCUT2D eigenvalue weighted by atomic mass is 19.1. The first kappa shape index (κ1) is 13.9. The standard InChI is InChI=1S/C14H16FN5/c1-8(2)20-14(13(17)9(3)19-20)18-12-5-4-11(15)6-10(12)7-16/h4-6,8,18H,17H2,1-3H3. The Hall–Kier alpha value is -2.55. The molecule has 0 spiro atoms. The number of nitrogens with two attached hydrogens (primary N) is 1. The number of anilines is 3. The Bertz CT molecular complexity index is 682. The van der Waals surface area contributed by atoms with Crippen LogP contribution in [0.15, 0.2) is 18.2 Å². The third-order valence-corrected chi connectivity index (χ3v) is 2.98. The fourth-order valence-corrected chi connectivity index (χ4v) is 1.90. The van der Waals surface area contributed by atoms with Gasteiger partial charge in [-0.3, -0.25) is 0 Å². The van der Waals surface area contributed by atoms with Crippen molar-refractivity contribution in [3.8, 4) is 6.07 Å². The van der Waals surface area contributed by atoms with Crippen LogP contribution in [0.25, 0.3) is 0 Å². The maximum absolute atomic E-state index is 13.1. The van der Waals surface area contributed by atoms with Crippen LogP contribution in [0, 0.1) is 24.1 Å². The first-order valence-electron chi connectivity index (χ1n) is 6.25. The van der Waals surface area contributed by atoms with Crippen LogP contribution in [0.5, 0.6) is 0 Å². The van der Waals surface area contributed by atoms with Crippen LogP contribution < -0.4 is 11.1 Å². The third kappa shape index (κ3) is 2.43. The number of hydrogen-bond acceptors (Lipinski definition) is 4. The number of aromatic nitrogens is 2. The van der Waals surface area contributed by atoms with Gasteiger partial charge in [0.15, 0.2) is 5.82 Å². The number of nitrogens with zero attached hydrogens (tertiary/aromatic N) is 3. The SMILES string of the molecule is Cc1nn(C(C)C)c(Nc2ccc(F)cc2C#N)c1N. The van der Waals surface area contributed by atoms with Gasteiger partial charge in [0, 0.05) is 6.04 Å². The fourth-order valence-electron chi connectivity index (χ4n) is 1.90. The lowest BCUT2D eigenvalue weighted by atomic mass is 10.2. The molecule has 104 valence electrons. The predicted octanol–water partition coefficient (Wildman–Crippen LogP) is 3.11. The number of halogens is 1. The molecule has 0 amide bonds. The van der Waals surface area contributed by atoms with Gasteiger partial charge in [-0.05, 0) is 39.0 Å². The Morgan fingerprint density at radius 1 is 1.45 bits per heavy atom. The monoisotopic (exact) mass is 273 g/mol. The van der Waals surface area contributed by atoms with Crippen molar-refractivity contribution in [1.29, 1.82) is 5.26 Å². The second-order valence-corrected chi connectivity index (χ2v) is 4.81. The molecule has 1 aromatic carbocycles. The van der Waals surface area contributed by atoms with Crippen LogP contribution in [-0.2, 0) is 0 Å². The fraction of sp³-hybridized carbons (Fsp3) is 0.286. The summed E-state index contributed by atoms with van der Waals surface area (Å²) in [5.74, 6) is 0.161. The van der Waals surface area contributed by atoms with Crippen molar-refractivity contribution in [2.24, 2.45) is 0 Å². The maximum Gasteiger partial charge on any atom is 0.152 e. The lowest BCUT2D eigenvalue weighted by molar-refractivity contribution is 0.536. The van der Waals surface area contributed by atoms with Gasteiger partial charge in [-0.15, -0.1) is 0 Å². The first-order valence-corrected chi connectivity index (χ1v) is 6.25. The summed E-state index contributed by atoms with van der Waals surface area (Å²) in [5, 5.41) is 16.5. The molecule has 0 fully saturated rings. The minimum absolute atomic E-state index is 0.111. The van der Waals surface area contributed by atoms with E-state index in [1.54, 1.807) is 4.68 Å². The minimum atomic E-state index is -0.450. The van der Waals surface area contributed by atoms with Crippen molar-refractivity contribution in [2.75, 3.05) is 11.1 Å². The zero-order chi connectivity index (χ0) is 14.9. The normalized spacial score (nSPS) is 10.6. The van der Waals surface area contributed by atoms with Gasteiger partial charge < -0.3 is 11.1 Å². The molecule has 0 atom stereocenters. The van der Waals surface area contributed by atoms with E-state index in [-0.39, 0.29) is 11.6 Å². The van der Waals surface area contributed by atoms with E-state index in [0.717, 1.165) is 0 Å². The van der Waals surface area contributed by atoms with E-state index >= 15 is 0 Å². The van der Waals surface area contributed by atoms with Crippen molar-refractivity contribution >= 4 is 17.2 Å². The van der Waals surface area contributed by atoms with Gasteiger partial charge in [0.1, 0.15) is 11.9 Å². The molecule has 0 unspecified atom stereocenters. The van der Waals surface area contributed by atoms with Gasteiger partial charge in [-0.25, -0.2) is 9.07 Å². The smallest absolute Gasteiger partial charge is 0.152 e. The van der Waals surface area contributed by atoms with Crippen LogP contribution in [-0.4, -0.2) is 9.78 Å². The lowest BCUT2D eigenvalue weighted by Gasteiger charge is -2.14. The maximum atomic E-state index is 13.1. The van der Waals surface area contributed by atoms with E-state index in [4.69, 9.17) is 11.0 Å². The summed E-state index contributed by atoms with van der Waals surface area (Å²) in [4.78, 5) is 0. The zero-order valence-corrected chi connectivity index (χ0v) is 11.6. The van der Waals surface area contributed by atoms with E-state index in [9.17, 15) is 4.39 Å². The largest absolute Gasteiger partial charge is 0.394 e. The molecule has 0 saturated heterocycles. The molecule has 0 aliphatic carbocycles. The first-order chi connectivity index (χ1) is 9.43. The van der Waals surface area contributed by atoms with Crippen molar-refractivity contribution in [3.05, 3.63) is 35.3 Å². The second kappa shape index (κ2) is 5.21. The van der Waals surface area contributed by atoms with Gasteiger partial charge in [-0.2, -0.15) is 10.4 Å². The van der Waals surface area contributed by atoms with Crippen LogP contribution in [0.4, 0.5) is 21.6 Å². The molecular weight excluding hydrogens is 257 g/mol. The summed E-state index contributed by atoms with van der Waals surface area (Å²) in [6.45, 7) is 5.77. The molecule has 2 aromatic rings. The van der Waals surface area contributed by atoms with Gasteiger partial charge in [0.05, 0.1) is 22.6 Å². The summed E-state index contributed by atoms with van der Waals surface area (Å²) in [6, 6.07) is 6.06. The van der Waals surface area contributed by atoms with Gasteiger partial charge in [0.2, 0.25) is 0 Å². The molecule has 3 N–H and O–H groups in total. The second-order valence-electron chi connectivity index (χ2n) is 4.81. The molecule has 0 aliphatic heterocycles. The minimum Gasteiger partial charge on any atom is -0.394 e. The summed E-state index contributed by atoms with van der Waals surface area (Å²) in [7, 11) is 0. The van der Waals surface area contributed by atoms with Crippen LogP contribution in [0.1, 0.15) is 31.1 Å². The average Bonchev–Trinajstić information content (AvgIpc) is 2.69. The Balaban J connectivity index is 2.48. The summed E-state index contributed by atoms with van der Waals surface area (Å²) >= 11 is 0. The molecule has 2 rings (SSSR count). The summed E-state index contributed by atoms with van der Waals surface area (Å²) < 4.78 is 14.9. The van der Waals surface area contributed by atoms with Crippen molar-refractivity contribution < 1.29 is 4.39 Å². The van der Waals surface area contributed by atoms with Crippen LogP contribution >= 0.6 is 0 Å². The van der Waals surface area contributed by atoms with Gasteiger partial charge in [-0.1, -0.05) is 0 Å².